The maximum Gasteiger partial charge on any atom is 0.309 e. The highest BCUT2D eigenvalue weighted by Crippen LogP contribution is 2.48. The van der Waals surface area contributed by atoms with Crippen LogP contribution in [-0.2, 0) is 16.1 Å². The number of imidazole rings is 1. The molecular formula is C15H16N2O2. The summed E-state index contributed by atoms with van der Waals surface area (Å²) >= 11 is 0. The Morgan fingerprint density at radius 1 is 1.42 bits per heavy atom. The molecule has 2 aromatic rings. The number of hydrogen-bond donors (Lipinski definition) is 0. The number of methoxy groups -OCH3 is 1. The van der Waals surface area contributed by atoms with Crippen LogP contribution in [0.15, 0.2) is 42.9 Å². The van der Waals surface area contributed by atoms with Gasteiger partial charge in [-0.2, -0.15) is 0 Å². The van der Waals surface area contributed by atoms with Crippen LogP contribution < -0.4 is 0 Å². The molecule has 19 heavy (non-hydrogen) atoms. The molecule has 0 bridgehead atoms. The number of carbonyl (C=O) groups is 1. The van der Waals surface area contributed by atoms with Crippen LogP contribution in [0.5, 0.6) is 0 Å². The maximum atomic E-state index is 11.5. The van der Waals surface area contributed by atoms with E-state index >= 15 is 0 Å². The second-order valence-corrected chi connectivity index (χ2v) is 4.90. The lowest BCUT2D eigenvalue weighted by Crippen LogP contribution is -2.07. The van der Waals surface area contributed by atoms with E-state index in [1.54, 1.807) is 0 Å². The van der Waals surface area contributed by atoms with Crippen molar-refractivity contribution in [1.82, 2.24) is 9.55 Å². The van der Waals surface area contributed by atoms with E-state index < -0.39 is 0 Å². The third kappa shape index (κ3) is 2.38. The Hall–Kier alpha value is -2.10. The fourth-order valence-corrected chi connectivity index (χ4v) is 2.49. The predicted octanol–water partition coefficient (Wildman–Crippen LogP) is 2.21. The van der Waals surface area contributed by atoms with Gasteiger partial charge in [0.2, 0.25) is 0 Å². The molecule has 4 heteroatoms. The standard InChI is InChI=1S/C15H16N2O2/c1-19-15(18)13-7-12(13)14-8-16-10-17(14)9-11-5-3-2-4-6-11/h2-6,8,10,12-13H,7,9H2,1H3/t12-,13+/m1/s1. The van der Waals surface area contributed by atoms with Gasteiger partial charge in [0.05, 0.1) is 19.4 Å². The van der Waals surface area contributed by atoms with E-state index in [9.17, 15) is 4.79 Å². The van der Waals surface area contributed by atoms with Crippen molar-refractivity contribution in [2.45, 2.75) is 18.9 Å². The van der Waals surface area contributed by atoms with Crippen LogP contribution >= 0.6 is 0 Å². The first-order valence-electron chi connectivity index (χ1n) is 6.41. The van der Waals surface area contributed by atoms with Crippen LogP contribution in [-0.4, -0.2) is 22.6 Å². The van der Waals surface area contributed by atoms with Crippen LogP contribution in [0.1, 0.15) is 23.6 Å². The zero-order chi connectivity index (χ0) is 13.2. The Bertz CT molecular complexity index is 577. The van der Waals surface area contributed by atoms with Crippen molar-refractivity contribution in [3.8, 4) is 0 Å². The third-order valence-corrected chi connectivity index (χ3v) is 3.61. The van der Waals surface area contributed by atoms with Crippen LogP contribution in [0.4, 0.5) is 0 Å². The first-order chi connectivity index (χ1) is 9.29. The molecule has 0 unspecified atom stereocenters. The second kappa shape index (κ2) is 4.88. The first kappa shape index (κ1) is 12.0. The number of carbonyl (C=O) groups excluding carboxylic acids is 1. The van der Waals surface area contributed by atoms with Gasteiger partial charge in [0, 0.05) is 24.4 Å². The highest BCUT2D eigenvalue weighted by Gasteiger charge is 2.46. The number of nitrogens with zero attached hydrogens (tertiary/aromatic N) is 2. The summed E-state index contributed by atoms with van der Waals surface area (Å²) in [6.45, 7) is 0.792. The van der Waals surface area contributed by atoms with E-state index in [1.807, 2.05) is 30.7 Å². The van der Waals surface area contributed by atoms with E-state index in [2.05, 4.69) is 21.7 Å². The van der Waals surface area contributed by atoms with Crippen LogP contribution in [0, 0.1) is 5.92 Å². The van der Waals surface area contributed by atoms with Gasteiger partial charge in [-0.1, -0.05) is 30.3 Å². The lowest BCUT2D eigenvalue weighted by molar-refractivity contribution is -0.142. The quantitative estimate of drug-likeness (QED) is 0.788. The Kier molecular flexibility index (Phi) is 3.07. The lowest BCUT2D eigenvalue weighted by atomic mass is 10.2. The van der Waals surface area contributed by atoms with Gasteiger partial charge in [-0.05, 0) is 12.0 Å². The minimum absolute atomic E-state index is 0.0104. The monoisotopic (exact) mass is 256 g/mol. The van der Waals surface area contributed by atoms with Crippen LogP contribution in [0.25, 0.3) is 0 Å². The molecule has 1 aromatic heterocycles. The number of hydrogen-bond acceptors (Lipinski definition) is 3. The summed E-state index contributed by atoms with van der Waals surface area (Å²) in [5.74, 6) is 0.160. The summed E-state index contributed by atoms with van der Waals surface area (Å²) in [5, 5.41) is 0. The number of rotatable bonds is 4. The molecule has 0 N–H and O–H groups in total. The molecule has 1 saturated carbocycles. The van der Waals surface area contributed by atoms with Crippen molar-refractivity contribution < 1.29 is 9.53 Å². The van der Waals surface area contributed by atoms with Crippen LogP contribution in [0.3, 0.4) is 0 Å². The smallest absolute Gasteiger partial charge is 0.309 e. The molecule has 1 heterocycles. The molecule has 2 atom stereocenters. The summed E-state index contributed by atoms with van der Waals surface area (Å²) in [7, 11) is 1.44. The zero-order valence-corrected chi connectivity index (χ0v) is 10.8. The molecule has 0 saturated heterocycles. The van der Waals surface area contributed by atoms with E-state index in [0.717, 1.165) is 18.7 Å². The van der Waals surface area contributed by atoms with Gasteiger partial charge in [-0.15, -0.1) is 0 Å². The normalized spacial score (nSPS) is 21.1. The van der Waals surface area contributed by atoms with E-state index in [1.165, 1.54) is 12.7 Å². The van der Waals surface area contributed by atoms with Gasteiger partial charge < -0.3 is 9.30 Å². The molecule has 0 amide bonds. The maximum absolute atomic E-state index is 11.5. The Morgan fingerprint density at radius 2 is 2.21 bits per heavy atom. The Morgan fingerprint density at radius 3 is 2.95 bits per heavy atom. The minimum atomic E-state index is -0.113. The summed E-state index contributed by atoms with van der Waals surface area (Å²) in [5.41, 5.74) is 2.36. The van der Waals surface area contributed by atoms with Crippen molar-refractivity contribution >= 4 is 5.97 Å². The zero-order valence-electron chi connectivity index (χ0n) is 10.8. The largest absolute Gasteiger partial charge is 0.469 e. The Balaban J connectivity index is 1.75. The minimum Gasteiger partial charge on any atom is -0.469 e. The van der Waals surface area contributed by atoms with Gasteiger partial charge in [0.15, 0.2) is 0 Å². The third-order valence-electron chi connectivity index (χ3n) is 3.61. The van der Waals surface area contributed by atoms with E-state index in [0.29, 0.717) is 0 Å². The molecule has 1 aliphatic carbocycles. The van der Waals surface area contributed by atoms with Gasteiger partial charge in [0.25, 0.3) is 0 Å². The molecule has 1 aliphatic rings. The molecule has 0 spiro atoms. The van der Waals surface area contributed by atoms with Gasteiger partial charge in [0.1, 0.15) is 0 Å². The van der Waals surface area contributed by atoms with E-state index in [4.69, 9.17) is 4.74 Å². The average molecular weight is 256 g/mol. The topological polar surface area (TPSA) is 44.1 Å². The number of aromatic nitrogens is 2. The summed E-state index contributed by atoms with van der Waals surface area (Å²) in [6, 6.07) is 10.2. The number of esters is 1. The van der Waals surface area contributed by atoms with E-state index in [-0.39, 0.29) is 17.8 Å². The molecule has 1 aromatic carbocycles. The number of benzene rings is 1. The summed E-state index contributed by atoms with van der Waals surface area (Å²) in [6.07, 6.45) is 4.55. The van der Waals surface area contributed by atoms with Crippen molar-refractivity contribution in [2.24, 2.45) is 5.92 Å². The average Bonchev–Trinajstić information content (AvgIpc) is 3.12. The molecular weight excluding hydrogens is 240 g/mol. The first-order valence-corrected chi connectivity index (χ1v) is 6.41. The van der Waals surface area contributed by atoms with Gasteiger partial charge in [-0.3, -0.25) is 4.79 Å². The second-order valence-electron chi connectivity index (χ2n) is 4.90. The molecule has 0 aliphatic heterocycles. The van der Waals surface area contributed by atoms with Crippen molar-refractivity contribution in [3.05, 3.63) is 54.1 Å². The fraction of sp³-hybridized carbons (Fsp3) is 0.333. The number of ether oxygens (including phenoxy) is 1. The molecule has 4 nitrogen and oxygen atoms in total. The fourth-order valence-electron chi connectivity index (χ4n) is 2.49. The highest BCUT2D eigenvalue weighted by molar-refractivity contribution is 5.77. The molecule has 1 fully saturated rings. The molecule has 0 radical (unpaired) electrons. The summed E-state index contributed by atoms with van der Waals surface area (Å²) < 4.78 is 6.91. The highest BCUT2D eigenvalue weighted by atomic mass is 16.5. The summed E-state index contributed by atoms with van der Waals surface area (Å²) in [4.78, 5) is 15.7. The predicted molar refractivity (Wildman–Crippen MR) is 70.6 cm³/mol. The van der Waals surface area contributed by atoms with Gasteiger partial charge in [-0.25, -0.2) is 4.98 Å². The molecule has 98 valence electrons. The lowest BCUT2D eigenvalue weighted by Gasteiger charge is -2.07. The van der Waals surface area contributed by atoms with Crippen molar-refractivity contribution in [3.63, 3.8) is 0 Å². The van der Waals surface area contributed by atoms with Crippen molar-refractivity contribution in [2.75, 3.05) is 7.11 Å². The van der Waals surface area contributed by atoms with Crippen LogP contribution in [0.2, 0.25) is 0 Å². The SMILES string of the molecule is COC(=O)[C@H]1C[C@H]1c1cncn1Cc1ccccc1. The van der Waals surface area contributed by atoms with Crippen molar-refractivity contribution in [1.29, 1.82) is 0 Å². The Labute approximate surface area is 112 Å². The molecule has 3 rings (SSSR count). The van der Waals surface area contributed by atoms with Gasteiger partial charge >= 0.3 is 5.97 Å².